The fourth-order valence-electron chi connectivity index (χ4n) is 2.29. The van der Waals surface area contributed by atoms with Crippen LogP contribution in [0.5, 0.6) is 5.75 Å². The van der Waals surface area contributed by atoms with E-state index in [1.165, 1.54) is 20.7 Å². The first kappa shape index (κ1) is 16.2. The van der Waals surface area contributed by atoms with E-state index in [1.54, 1.807) is 6.07 Å². The van der Waals surface area contributed by atoms with Crippen LogP contribution in [-0.2, 0) is 10.8 Å². The summed E-state index contributed by atoms with van der Waals surface area (Å²) < 4.78 is 0.0812. The first-order valence-corrected chi connectivity index (χ1v) is 9.13. The standard InChI is InChI=1S/C17H22O2S2/c1-16(2,3)11-7-10(13-9-14(18)21-20-13)8-12(15(11)19)17(4,5)6/h7-9,19H,1-6H3. The zero-order valence-electron chi connectivity index (χ0n) is 13.4. The van der Waals surface area contributed by atoms with Crippen molar-refractivity contribution >= 4 is 20.7 Å². The summed E-state index contributed by atoms with van der Waals surface area (Å²) in [6, 6.07) is 5.71. The molecule has 0 aliphatic heterocycles. The molecule has 0 atom stereocenters. The van der Waals surface area contributed by atoms with Crippen molar-refractivity contribution in [3.8, 4) is 16.2 Å². The van der Waals surface area contributed by atoms with Gasteiger partial charge >= 0.3 is 0 Å². The average molecular weight is 322 g/mol. The Morgan fingerprint density at radius 2 is 1.33 bits per heavy atom. The van der Waals surface area contributed by atoms with Gasteiger partial charge in [-0.1, -0.05) is 51.9 Å². The molecule has 0 spiro atoms. The van der Waals surface area contributed by atoms with Crippen LogP contribution < -0.4 is 4.74 Å². The van der Waals surface area contributed by atoms with Gasteiger partial charge in [-0.3, -0.25) is 4.79 Å². The fourth-order valence-corrected chi connectivity index (χ4v) is 4.17. The smallest absolute Gasteiger partial charge is 0.243 e. The predicted octanol–water partition coefficient (Wildman–Crippen LogP) is 5.14. The number of phenolic OH excluding ortho intramolecular Hbond substituents is 1. The molecule has 0 saturated carbocycles. The summed E-state index contributed by atoms with van der Waals surface area (Å²) in [6.45, 7) is 12.5. The van der Waals surface area contributed by atoms with E-state index in [4.69, 9.17) is 0 Å². The first-order chi connectivity index (χ1) is 9.50. The monoisotopic (exact) mass is 322 g/mol. The van der Waals surface area contributed by atoms with Crippen LogP contribution in [0.2, 0.25) is 0 Å². The van der Waals surface area contributed by atoms with Crippen LogP contribution in [0, 0.1) is 0 Å². The molecular formula is C17H22O2S2. The summed E-state index contributed by atoms with van der Waals surface area (Å²) in [7, 11) is 2.75. The second-order valence-electron chi connectivity index (χ2n) is 7.41. The highest BCUT2D eigenvalue weighted by Gasteiger charge is 2.27. The quantitative estimate of drug-likeness (QED) is 0.738. The average Bonchev–Trinajstić information content (AvgIpc) is 2.73. The van der Waals surface area contributed by atoms with Crippen LogP contribution in [-0.4, -0.2) is 5.11 Å². The molecule has 21 heavy (non-hydrogen) atoms. The van der Waals surface area contributed by atoms with Gasteiger partial charge < -0.3 is 5.11 Å². The molecule has 0 aliphatic carbocycles. The highest BCUT2D eigenvalue weighted by molar-refractivity contribution is 7.69. The Morgan fingerprint density at radius 3 is 1.67 bits per heavy atom. The maximum atomic E-state index is 11.5. The Morgan fingerprint density at radius 1 is 0.857 bits per heavy atom. The second-order valence-corrected chi connectivity index (χ2v) is 9.59. The highest BCUT2D eigenvalue weighted by Crippen LogP contribution is 2.42. The molecule has 1 N–H and O–H groups in total. The lowest BCUT2D eigenvalue weighted by Crippen LogP contribution is -2.17. The molecule has 114 valence electrons. The number of rotatable bonds is 1. The zero-order chi connectivity index (χ0) is 16.0. The molecule has 0 unspecified atom stereocenters. The minimum Gasteiger partial charge on any atom is -0.507 e. The van der Waals surface area contributed by atoms with Gasteiger partial charge in [-0.05, 0) is 38.9 Å². The van der Waals surface area contributed by atoms with Gasteiger partial charge in [0.2, 0.25) is 4.74 Å². The van der Waals surface area contributed by atoms with Crippen molar-refractivity contribution in [2.24, 2.45) is 0 Å². The van der Waals surface area contributed by atoms with Gasteiger partial charge in [-0.15, -0.1) is 0 Å². The summed E-state index contributed by atoms with van der Waals surface area (Å²) >= 11 is 0. The van der Waals surface area contributed by atoms with Crippen LogP contribution >= 0.6 is 20.7 Å². The third kappa shape index (κ3) is 3.38. The third-order valence-electron chi connectivity index (χ3n) is 3.47. The molecule has 0 aliphatic rings. The van der Waals surface area contributed by atoms with Crippen LogP contribution in [0.4, 0.5) is 0 Å². The van der Waals surface area contributed by atoms with Crippen molar-refractivity contribution in [1.29, 1.82) is 0 Å². The van der Waals surface area contributed by atoms with Crippen molar-refractivity contribution in [3.05, 3.63) is 38.9 Å². The Labute approximate surface area is 133 Å². The van der Waals surface area contributed by atoms with Gasteiger partial charge in [0.05, 0.1) is 0 Å². The maximum absolute atomic E-state index is 11.5. The molecular weight excluding hydrogens is 300 g/mol. The summed E-state index contributed by atoms with van der Waals surface area (Å²) in [5, 5.41) is 10.7. The number of phenols is 1. The van der Waals surface area contributed by atoms with E-state index in [-0.39, 0.29) is 15.6 Å². The molecule has 1 aromatic carbocycles. The van der Waals surface area contributed by atoms with Gasteiger partial charge in [0.1, 0.15) is 5.75 Å². The molecule has 1 aromatic heterocycles. The van der Waals surface area contributed by atoms with Crippen molar-refractivity contribution in [2.45, 2.75) is 52.4 Å². The molecule has 2 rings (SSSR count). The van der Waals surface area contributed by atoms with Gasteiger partial charge in [-0.25, -0.2) is 0 Å². The summed E-state index contributed by atoms with van der Waals surface area (Å²) in [5.74, 6) is 0.376. The summed E-state index contributed by atoms with van der Waals surface area (Å²) in [5.41, 5.74) is 2.57. The lowest BCUT2D eigenvalue weighted by atomic mass is 9.78. The number of aromatic hydroxyl groups is 1. The van der Waals surface area contributed by atoms with E-state index in [9.17, 15) is 9.90 Å². The molecule has 1 heterocycles. The largest absolute Gasteiger partial charge is 0.507 e. The highest BCUT2D eigenvalue weighted by atomic mass is 32.9. The Kier molecular flexibility index (Phi) is 4.06. The molecule has 0 radical (unpaired) electrons. The van der Waals surface area contributed by atoms with E-state index in [1.807, 2.05) is 12.1 Å². The minimum atomic E-state index is -0.152. The predicted molar refractivity (Wildman–Crippen MR) is 93.0 cm³/mol. The van der Waals surface area contributed by atoms with Crippen LogP contribution in [0.25, 0.3) is 10.4 Å². The van der Waals surface area contributed by atoms with Gasteiger partial charge in [-0.2, -0.15) is 0 Å². The molecule has 0 fully saturated rings. The van der Waals surface area contributed by atoms with Gasteiger partial charge in [0.25, 0.3) is 0 Å². The minimum absolute atomic E-state index is 0.0812. The molecule has 0 saturated heterocycles. The van der Waals surface area contributed by atoms with Crippen molar-refractivity contribution in [2.75, 3.05) is 0 Å². The summed E-state index contributed by atoms with van der Waals surface area (Å²) in [6.07, 6.45) is 0. The van der Waals surface area contributed by atoms with Gasteiger partial charge in [0, 0.05) is 22.1 Å². The van der Waals surface area contributed by atoms with E-state index >= 15 is 0 Å². The first-order valence-electron chi connectivity index (χ1n) is 6.98. The van der Waals surface area contributed by atoms with E-state index in [2.05, 4.69) is 41.5 Å². The lowest BCUT2D eigenvalue weighted by Gasteiger charge is -2.28. The number of benzene rings is 1. The third-order valence-corrected chi connectivity index (χ3v) is 5.65. The molecule has 0 amide bonds. The van der Waals surface area contributed by atoms with Crippen LogP contribution in [0.15, 0.2) is 23.0 Å². The summed E-state index contributed by atoms with van der Waals surface area (Å²) in [4.78, 5) is 12.4. The number of hydrogen-bond donors (Lipinski definition) is 1. The lowest BCUT2D eigenvalue weighted by molar-refractivity contribution is 0.423. The van der Waals surface area contributed by atoms with E-state index in [0.29, 0.717) is 5.75 Å². The molecule has 0 bridgehead atoms. The normalized spacial score (nSPS) is 12.7. The Balaban J connectivity index is 2.77. The van der Waals surface area contributed by atoms with Gasteiger partial charge in [0.15, 0.2) is 0 Å². The zero-order valence-corrected chi connectivity index (χ0v) is 15.0. The molecule has 2 nitrogen and oxygen atoms in total. The van der Waals surface area contributed by atoms with E-state index < -0.39 is 0 Å². The fraction of sp³-hybridized carbons (Fsp3) is 0.471. The van der Waals surface area contributed by atoms with Crippen molar-refractivity contribution in [1.82, 2.24) is 0 Å². The number of hydrogen-bond acceptors (Lipinski definition) is 4. The maximum Gasteiger partial charge on any atom is 0.243 e. The van der Waals surface area contributed by atoms with Crippen LogP contribution in [0.1, 0.15) is 52.7 Å². The molecule has 4 heteroatoms. The van der Waals surface area contributed by atoms with Crippen LogP contribution in [0.3, 0.4) is 0 Å². The Hall–Kier alpha value is -1.13. The Bertz CT molecular complexity index is 674. The van der Waals surface area contributed by atoms with Crippen molar-refractivity contribution in [3.63, 3.8) is 0 Å². The van der Waals surface area contributed by atoms with Crippen molar-refractivity contribution < 1.29 is 5.11 Å². The SMILES string of the molecule is CC(C)(C)c1cc(-c2cc(=O)ss2)cc(C(C)(C)C)c1O. The topological polar surface area (TPSA) is 37.3 Å². The van der Waals surface area contributed by atoms with E-state index in [0.717, 1.165) is 21.6 Å². The second kappa shape index (κ2) is 5.25. The molecule has 2 aromatic rings.